The van der Waals surface area contributed by atoms with Crippen LogP contribution in [0.1, 0.15) is 10.5 Å². The second kappa shape index (κ2) is 6.04. The van der Waals surface area contributed by atoms with E-state index in [4.69, 9.17) is 0 Å². The zero-order valence-electron chi connectivity index (χ0n) is 9.74. The van der Waals surface area contributed by atoms with E-state index in [1.165, 1.54) is 0 Å². The molecule has 4 nitrogen and oxygen atoms in total. The van der Waals surface area contributed by atoms with Gasteiger partial charge in [-0.3, -0.25) is 0 Å². The summed E-state index contributed by atoms with van der Waals surface area (Å²) in [5.41, 5.74) is -0.531. The van der Waals surface area contributed by atoms with Crippen LogP contribution in [0.3, 0.4) is 0 Å². The Morgan fingerprint density at radius 3 is 2.14 bits per heavy atom. The first kappa shape index (κ1) is 15.2. The molecule has 0 radical (unpaired) electrons. The smallest absolute Gasteiger partial charge is 0.364 e. The van der Waals surface area contributed by atoms with Crippen LogP contribution in [-0.4, -0.2) is 15.9 Å². The molecule has 0 bridgehead atoms. The average molecular weight is 322 g/mol. The maximum Gasteiger partial charge on any atom is 0.364 e. The van der Waals surface area contributed by atoms with E-state index in [0.717, 1.165) is 12.4 Å². The average Bonchev–Trinajstić information content (AvgIpc) is 2.49. The van der Waals surface area contributed by atoms with Crippen molar-refractivity contribution in [2.24, 2.45) is 0 Å². The third-order valence-electron chi connectivity index (χ3n) is 2.18. The van der Waals surface area contributed by atoms with Crippen molar-refractivity contribution in [2.75, 3.05) is 0 Å². The van der Waals surface area contributed by atoms with Crippen molar-refractivity contribution in [3.8, 4) is 5.75 Å². The molecule has 110 valence electrons. The molecule has 0 saturated heterocycles. The van der Waals surface area contributed by atoms with Gasteiger partial charge in [0.05, 0.1) is 12.4 Å². The Morgan fingerprint density at radius 2 is 1.67 bits per heavy atom. The Labute approximate surface area is 118 Å². The highest BCUT2D eigenvalue weighted by Gasteiger charge is 2.24. The van der Waals surface area contributed by atoms with Crippen molar-refractivity contribution < 1.29 is 31.0 Å². The fraction of sp³-hybridized carbons (Fsp3) is 0. The fourth-order valence-corrected chi connectivity index (χ4v) is 1.43. The largest absolute Gasteiger partial charge is 0.415 e. The van der Waals surface area contributed by atoms with Crippen LogP contribution in [0.4, 0.5) is 21.4 Å². The molecule has 0 aliphatic carbocycles. The number of carbonyl (C=O) groups excluding carboxylic acids is 1. The number of hydrogen-bond donors (Lipinski definition) is 0. The molecule has 1 aromatic carbocycles. The quantitative estimate of drug-likeness (QED) is 0.376. The molecule has 0 atom stereocenters. The van der Waals surface area contributed by atoms with Crippen molar-refractivity contribution in [3.63, 3.8) is 0 Å². The number of aromatic nitrogens is 2. The van der Waals surface area contributed by atoms with Gasteiger partial charge in [0.15, 0.2) is 17.3 Å². The molecular formula is C11H3F5N2O2S. The molecule has 0 spiro atoms. The number of rotatable bonds is 3. The van der Waals surface area contributed by atoms with Crippen molar-refractivity contribution in [2.45, 2.75) is 5.03 Å². The summed E-state index contributed by atoms with van der Waals surface area (Å²) >= 11 is -0.243. The molecule has 0 N–H and O–H groups in total. The van der Waals surface area contributed by atoms with Crippen LogP contribution in [0.25, 0.3) is 0 Å². The van der Waals surface area contributed by atoms with Crippen LogP contribution < -0.4 is 4.74 Å². The highest BCUT2D eigenvalue weighted by atomic mass is 32.2. The molecule has 0 fully saturated rings. The standard InChI is InChI=1S/C11H3F5N2O2S/c12-4-1-5(13)9(15)10(8(4)14)20-11(19)6-2-18-7(21-16)3-17-6/h1-3H. The predicted octanol–water partition coefficient (Wildman–Crippen LogP) is 3.23. The maximum absolute atomic E-state index is 13.3. The van der Waals surface area contributed by atoms with Gasteiger partial charge in [0.25, 0.3) is 0 Å². The van der Waals surface area contributed by atoms with Crippen LogP contribution in [0.15, 0.2) is 23.5 Å². The summed E-state index contributed by atoms with van der Waals surface area (Å²) in [6.07, 6.45) is 1.63. The van der Waals surface area contributed by atoms with Crippen molar-refractivity contribution in [3.05, 3.63) is 47.4 Å². The Morgan fingerprint density at radius 1 is 1.05 bits per heavy atom. The first-order valence-electron chi connectivity index (χ1n) is 5.10. The maximum atomic E-state index is 13.3. The molecule has 21 heavy (non-hydrogen) atoms. The number of esters is 1. The summed E-state index contributed by atoms with van der Waals surface area (Å²) in [5, 5.41) is -0.166. The minimum atomic E-state index is -1.87. The van der Waals surface area contributed by atoms with Gasteiger partial charge in [0, 0.05) is 6.07 Å². The molecule has 0 saturated carbocycles. The summed E-state index contributed by atoms with van der Waals surface area (Å²) in [5.74, 6) is -10.2. The second-order valence-corrected chi connectivity index (χ2v) is 4.08. The number of nitrogens with zero attached hydrogens (tertiary/aromatic N) is 2. The van der Waals surface area contributed by atoms with E-state index in [-0.39, 0.29) is 23.2 Å². The van der Waals surface area contributed by atoms with Gasteiger partial charge < -0.3 is 4.74 Å². The van der Waals surface area contributed by atoms with Gasteiger partial charge in [-0.2, -0.15) is 12.7 Å². The van der Waals surface area contributed by atoms with Gasteiger partial charge in [-0.1, -0.05) is 0 Å². The fourth-order valence-electron chi connectivity index (χ4n) is 1.25. The number of benzene rings is 1. The zero-order chi connectivity index (χ0) is 15.6. The molecule has 2 rings (SSSR count). The Balaban J connectivity index is 2.31. The van der Waals surface area contributed by atoms with Gasteiger partial charge in [-0.05, 0) is 0 Å². The lowest BCUT2D eigenvalue weighted by Gasteiger charge is -2.07. The lowest BCUT2D eigenvalue weighted by Crippen LogP contribution is -2.14. The Hall–Kier alpha value is -2.23. The molecule has 10 heteroatoms. The van der Waals surface area contributed by atoms with Crippen molar-refractivity contribution >= 4 is 18.1 Å². The minimum absolute atomic E-state index is 0.0327. The number of carbonyl (C=O) groups is 1. The molecule has 0 amide bonds. The number of hydrogen-bond acceptors (Lipinski definition) is 5. The molecule has 0 aliphatic rings. The number of halogens is 5. The molecule has 2 aromatic rings. The second-order valence-electron chi connectivity index (χ2n) is 3.50. The van der Waals surface area contributed by atoms with Gasteiger partial charge in [0.2, 0.25) is 17.4 Å². The van der Waals surface area contributed by atoms with E-state index < -0.39 is 40.7 Å². The molecule has 0 aliphatic heterocycles. The van der Waals surface area contributed by atoms with Crippen LogP contribution in [0.5, 0.6) is 5.75 Å². The lowest BCUT2D eigenvalue weighted by molar-refractivity contribution is 0.0710. The molecule has 1 aromatic heterocycles. The van der Waals surface area contributed by atoms with E-state index in [0.29, 0.717) is 0 Å². The summed E-state index contributed by atoms with van der Waals surface area (Å²) in [6, 6.07) is -0.0327. The normalized spacial score (nSPS) is 10.5. The predicted molar refractivity (Wildman–Crippen MR) is 60.2 cm³/mol. The number of ether oxygens (including phenoxy) is 1. The van der Waals surface area contributed by atoms with Crippen LogP contribution in [0, 0.1) is 23.3 Å². The van der Waals surface area contributed by atoms with E-state index >= 15 is 0 Å². The lowest BCUT2D eigenvalue weighted by atomic mass is 10.3. The zero-order valence-corrected chi connectivity index (χ0v) is 10.6. The van der Waals surface area contributed by atoms with Gasteiger partial charge in [0.1, 0.15) is 17.2 Å². The highest BCUT2D eigenvalue weighted by Crippen LogP contribution is 2.27. The molecule has 0 unspecified atom stereocenters. The summed E-state index contributed by atoms with van der Waals surface area (Å²) in [6.45, 7) is 0. The third-order valence-corrected chi connectivity index (χ3v) is 2.55. The van der Waals surface area contributed by atoms with E-state index in [1.54, 1.807) is 0 Å². The van der Waals surface area contributed by atoms with Crippen LogP contribution in [0.2, 0.25) is 0 Å². The van der Waals surface area contributed by atoms with Crippen LogP contribution in [-0.2, 0) is 0 Å². The van der Waals surface area contributed by atoms with E-state index in [9.17, 15) is 26.2 Å². The van der Waals surface area contributed by atoms with Gasteiger partial charge in [-0.25, -0.2) is 23.5 Å². The summed E-state index contributed by atoms with van der Waals surface area (Å²) in [4.78, 5) is 18.4. The third kappa shape index (κ3) is 3.10. The van der Waals surface area contributed by atoms with Crippen molar-refractivity contribution in [1.82, 2.24) is 9.97 Å². The van der Waals surface area contributed by atoms with Crippen molar-refractivity contribution in [1.29, 1.82) is 0 Å². The van der Waals surface area contributed by atoms with Crippen LogP contribution >= 0.6 is 12.1 Å². The van der Waals surface area contributed by atoms with E-state index in [2.05, 4.69) is 14.7 Å². The SMILES string of the molecule is O=C(Oc1c(F)c(F)cc(F)c1F)c1cnc(SF)cn1. The van der Waals surface area contributed by atoms with Gasteiger partial charge in [-0.15, -0.1) is 0 Å². The minimum Gasteiger partial charge on any atom is -0.415 e. The Kier molecular flexibility index (Phi) is 4.36. The monoisotopic (exact) mass is 322 g/mol. The van der Waals surface area contributed by atoms with E-state index in [1.807, 2.05) is 0 Å². The molecular weight excluding hydrogens is 319 g/mol. The summed E-state index contributed by atoms with van der Waals surface area (Å²) < 4.78 is 68.8. The summed E-state index contributed by atoms with van der Waals surface area (Å²) in [7, 11) is 0. The topological polar surface area (TPSA) is 52.1 Å². The highest BCUT2D eigenvalue weighted by molar-refractivity contribution is 7.94. The first-order chi connectivity index (χ1) is 9.93. The first-order valence-corrected chi connectivity index (χ1v) is 5.81. The molecule has 1 heterocycles. The Bertz CT molecular complexity index is 670. The van der Waals surface area contributed by atoms with Gasteiger partial charge >= 0.3 is 5.97 Å².